The van der Waals surface area contributed by atoms with E-state index in [1.54, 1.807) is 16.4 Å². The van der Waals surface area contributed by atoms with E-state index in [0.717, 1.165) is 23.0 Å². The first-order chi connectivity index (χ1) is 8.74. The molecule has 0 fully saturated rings. The molecule has 0 atom stereocenters. The maximum absolute atomic E-state index is 5.50. The topological polar surface area (TPSA) is 87.4 Å². The maximum atomic E-state index is 5.50. The second-order valence-corrected chi connectivity index (χ2v) is 4.81. The molecule has 18 heavy (non-hydrogen) atoms. The van der Waals surface area contributed by atoms with Crippen LogP contribution >= 0.6 is 11.8 Å². The normalized spacial score (nSPS) is 11.1. The molecule has 98 valence electrons. The second-order valence-electron chi connectivity index (χ2n) is 3.87. The van der Waals surface area contributed by atoms with Crippen molar-refractivity contribution in [1.29, 1.82) is 0 Å². The summed E-state index contributed by atoms with van der Waals surface area (Å²) < 4.78 is 3.63. The molecular weight excluding hydrogens is 250 g/mol. The number of hydrogen-bond donors (Lipinski definition) is 1. The fourth-order valence-corrected chi connectivity index (χ4v) is 2.50. The van der Waals surface area contributed by atoms with Gasteiger partial charge in [-0.15, -0.1) is 5.10 Å². The van der Waals surface area contributed by atoms with E-state index in [1.807, 2.05) is 11.7 Å². The van der Waals surface area contributed by atoms with E-state index in [4.69, 9.17) is 5.73 Å². The van der Waals surface area contributed by atoms with E-state index in [9.17, 15) is 0 Å². The van der Waals surface area contributed by atoms with Crippen LogP contribution < -0.4 is 5.73 Å². The van der Waals surface area contributed by atoms with Gasteiger partial charge in [-0.05, 0) is 22.9 Å². The number of rotatable bonds is 6. The van der Waals surface area contributed by atoms with Gasteiger partial charge >= 0.3 is 0 Å². The molecule has 7 nitrogen and oxygen atoms in total. The van der Waals surface area contributed by atoms with Gasteiger partial charge in [-0.25, -0.2) is 4.68 Å². The SMILES string of the molecule is CCc1cc(CSc2nnnn2CCN)n(C)n1. The third-order valence-corrected chi connectivity index (χ3v) is 3.57. The molecule has 0 aliphatic carbocycles. The molecule has 0 bridgehead atoms. The molecule has 0 aliphatic rings. The van der Waals surface area contributed by atoms with Crippen molar-refractivity contribution in [1.82, 2.24) is 30.0 Å². The Morgan fingerprint density at radius 3 is 2.94 bits per heavy atom. The van der Waals surface area contributed by atoms with Crippen LogP contribution in [0.4, 0.5) is 0 Å². The van der Waals surface area contributed by atoms with Crippen LogP contribution in [0.15, 0.2) is 11.2 Å². The number of tetrazole rings is 1. The smallest absolute Gasteiger partial charge is 0.209 e. The van der Waals surface area contributed by atoms with Gasteiger partial charge in [0.2, 0.25) is 5.16 Å². The van der Waals surface area contributed by atoms with Crippen molar-refractivity contribution in [3.05, 3.63) is 17.5 Å². The molecule has 8 heteroatoms. The molecule has 0 aliphatic heterocycles. The highest BCUT2D eigenvalue weighted by Gasteiger charge is 2.09. The number of nitrogens with two attached hydrogens (primary N) is 1. The first-order valence-electron chi connectivity index (χ1n) is 5.85. The van der Waals surface area contributed by atoms with Crippen molar-refractivity contribution in [3.8, 4) is 0 Å². The molecule has 0 saturated carbocycles. The summed E-state index contributed by atoms with van der Waals surface area (Å²) in [5, 5.41) is 16.7. The molecular formula is C10H17N7S. The zero-order valence-corrected chi connectivity index (χ0v) is 11.4. The standard InChI is InChI=1S/C10H17N7S/c1-3-8-6-9(16(2)13-8)7-18-10-12-14-15-17(10)5-4-11/h6H,3-5,7,11H2,1-2H3. The van der Waals surface area contributed by atoms with E-state index >= 15 is 0 Å². The van der Waals surface area contributed by atoms with Gasteiger partial charge in [0, 0.05) is 25.0 Å². The summed E-state index contributed by atoms with van der Waals surface area (Å²) in [5.74, 6) is 0.800. The molecule has 2 heterocycles. The minimum atomic E-state index is 0.532. The Hall–Kier alpha value is -1.41. The zero-order chi connectivity index (χ0) is 13.0. The third-order valence-electron chi connectivity index (χ3n) is 2.58. The molecule has 0 unspecified atom stereocenters. The van der Waals surface area contributed by atoms with Gasteiger partial charge in [-0.3, -0.25) is 4.68 Å². The Morgan fingerprint density at radius 1 is 1.44 bits per heavy atom. The van der Waals surface area contributed by atoms with Gasteiger partial charge in [-0.1, -0.05) is 18.7 Å². The van der Waals surface area contributed by atoms with Crippen LogP contribution in [0, 0.1) is 0 Å². The van der Waals surface area contributed by atoms with E-state index in [1.165, 1.54) is 5.69 Å². The Morgan fingerprint density at radius 2 is 2.28 bits per heavy atom. The Bertz CT molecular complexity index is 504. The van der Waals surface area contributed by atoms with E-state index < -0.39 is 0 Å². The van der Waals surface area contributed by atoms with Gasteiger partial charge in [0.05, 0.1) is 12.2 Å². The highest BCUT2D eigenvalue weighted by molar-refractivity contribution is 7.98. The number of aryl methyl sites for hydroxylation is 2. The number of hydrogen-bond acceptors (Lipinski definition) is 6. The van der Waals surface area contributed by atoms with E-state index in [2.05, 4.69) is 33.6 Å². The fraction of sp³-hybridized carbons (Fsp3) is 0.600. The molecule has 0 amide bonds. The monoisotopic (exact) mass is 267 g/mol. The van der Waals surface area contributed by atoms with Crippen molar-refractivity contribution in [2.75, 3.05) is 6.54 Å². The van der Waals surface area contributed by atoms with Crippen LogP contribution in [0.5, 0.6) is 0 Å². The molecule has 2 aromatic rings. The Labute approximate surface area is 110 Å². The van der Waals surface area contributed by atoms with Gasteiger partial charge in [0.1, 0.15) is 0 Å². The highest BCUT2D eigenvalue weighted by atomic mass is 32.2. The van der Waals surface area contributed by atoms with Crippen LogP contribution in [-0.2, 0) is 25.8 Å². The predicted octanol–water partition coefficient (Wildman–Crippen LogP) is 0.220. The number of thioether (sulfide) groups is 1. The lowest BCUT2D eigenvalue weighted by Crippen LogP contribution is -2.12. The average molecular weight is 267 g/mol. The van der Waals surface area contributed by atoms with Crippen molar-refractivity contribution < 1.29 is 0 Å². The van der Waals surface area contributed by atoms with Gasteiger partial charge < -0.3 is 5.73 Å². The second kappa shape index (κ2) is 5.96. The summed E-state index contributed by atoms with van der Waals surface area (Å²) in [5.41, 5.74) is 7.77. The maximum Gasteiger partial charge on any atom is 0.209 e. The Balaban J connectivity index is 2.02. The molecule has 2 N–H and O–H groups in total. The van der Waals surface area contributed by atoms with Crippen LogP contribution in [0.25, 0.3) is 0 Å². The van der Waals surface area contributed by atoms with Gasteiger partial charge in [0.25, 0.3) is 0 Å². The van der Waals surface area contributed by atoms with Crippen molar-refractivity contribution in [2.24, 2.45) is 12.8 Å². The highest BCUT2D eigenvalue weighted by Crippen LogP contribution is 2.20. The van der Waals surface area contributed by atoms with Crippen LogP contribution in [0.3, 0.4) is 0 Å². The van der Waals surface area contributed by atoms with E-state index in [0.29, 0.717) is 13.1 Å². The van der Waals surface area contributed by atoms with Crippen LogP contribution in [-0.4, -0.2) is 36.5 Å². The predicted molar refractivity (Wildman–Crippen MR) is 69.0 cm³/mol. The van der Waals surface area contributed by atoms with Crippen LogP contribution in [0.1, 0.15) is 18.3 Å². The van der Waals surface area contributed by atoms with Gasteiger partial charge in [-0.2, -0.15) is 5.10 Å². The lowest BCUT2D eigenvalue weighted by atomic mass is 10.3. The summed E-state index contributed by atoms with van der Waals surface area (Å²) >= 11 is 1.60. The zero-order valence-electron chi connectivity index (χ0n) is 10.6. The lowest BCUT2D eigenvalue weighted by Gasteiger charge is -2.02. The summed E-state index contributed by atoms with van der Waals surface area (Å²) in [7, 11) is 1.96. The van der Waals surface area contributed by atoms with Crippen molar-refractivity contribution in [3.63, 3.8) is 0 Å². The third kappa shape index (κ3) is 2.88. The van der Waals surface area contributed by atoms with E-state index in [-0.39, 0.29) is 0 Å². The Kier molecular flexibility index (Phi) is 4.32. The first-order valence-corrected chi connectivity index (χ1v) is 6.84. The van der Waals surface area contributed by atoms with Gasteiger partial charge in [0.15, 0.2) is 0 Å². The fourth-order valence-electron chi connectivity index (χ4n) is 1.58. The molecule has 2 rings (SSSR count). The summed E-state index contributed by atoms with van der Waals surface area (Å²) in [6.45, 7) is 3.27. The largest absolute Gasteiger partial charge is 0.329 e. The average Bonchev–Trinajstić information content (AvgIpc) is 2.94. The molecule has 2 aromatic heterocycles. The number of nitrogens with zero attached hydrogens (tertiary/aromatic N) is 6. The molecule has 0 radical (unpaired) electrons. The summed E-state index contributed by atoms with van der Waals surface area (Å²) in [6.07, 6.45) is 0.948. The summed E-state index contributed by atoms with van der Waals surface area (Å²) in [6, 6.07) is 2.12. The molecule has 0 aromatic carbocycles. The quantitative estimate of drug-likeness (QED) is 0.753. The lowest BCUT2D eigenvalue weighted by molar-refractivity contribution is 0.556. The molecule has 0 saturated heterocycles. The number of aromatic nitrogens is 6. The van der Waals surface area contributed by atoms with Crippen molar-refractivity contribution in [2.45, 2.75) is 30.8 Å². The molecule has 0 spiro atoms. The van der Waals surface area contributed by atoms with Crippen molar-refractivity contribution >= 4 is 11.8 Å². The minimum Gasteiger partial charge on any atom is -0.329 e. The van der Waals surface area contributed by atoms with Crippen LogP contribution in [0.2, 0.25) is 0 Å². The summed E-state index contributed by atoms with van der Waals surface area (Å²) in [4.78, 5) is 0. The minimum absolute atomic E-state index is 0.532. The first kappa shape index (κ1) is 13.0.